The van der Waals surface area contributed by atoms with Crippen molar-refractivity contribution >= 4 is 0 Å². The summed E-state index contributed by atoms with van der Waals surface area (Å²) in [4.78, 5) is 0. The maximum Gasteiger partial charge on any atom is 0.230 e. The summed E-state index contributed by atoms with van der Waals surface area (Å²) in [5.41, 5.74) is 1.01. The van der Waals surface area contributed by atoms with Gasteiger partial charge in [0.25, 0.3) is 0 Å². The molecule has 0 radical (unpaired) electrons. The van der Waals surface area contributed by atoms with Crippen molar-refractivity contribution in [2.24, 2.45) is 0 Å². The average Bonchev–Trinajstić information content (AvgIpc) is 2.42. The van der Waals surface area contributed by atoms with Crippen LogP contribution in [0.5, 0.6) is 11.5 Å². The molecule has 0 saturated carbocycles. The highest BCUT2D eigenvalue weighted by atomic mass is 16.7. The zero-order valence-corrected chi connectivity index (χ0v) is 10.3. The maximum absolute atomic E-state index is 5.59. The summed E-state index contributed by atoms with van der Waals surface area (Å²) in [6.07, 6.45) is 0. The minimum atomic E-state index is 0.185. The van der Waals surface area contributed by atoms with Crippen LogP contribution in [0.25, 0.3) is 0 Å². The van der Waals surface area contributed by atoms with Crippen molar-refractivity contribution in [2.75, 3.05) is 13.9 Å². The van der Waals surface area contributed by atoms with Crippen LogP contribution in [-0.2, 0) is 11.3 Å². The quantitative estimate of drug-likeness (QED) is 0.730. The van der Waals surface area contributed by atoms with Crippen LogP contribution in [0.1, 0.15) is 5.56 Å². The highest BCUT2D eigenvalue weighted by Gasteiger charge is 2.02. The molecule has 0 bridgehead atoms. The van der Waals surface area contributed by atoms with Gasteiger partial charge in [0.15, 0.2) is 0 Å². The molecule has 94 valence electrons. The highest BCUT2D eigenvalue weighted by Crippen LogP contribution is 2.19. The van der Waals surface area contributed by atoms with Gasteiger partial charge in [-0.15, -0.1) is 0 Å². The van der Waals surface area contributed by atoms with Crippen molar-refractivity contribution in [2.45, 2.75) is 6.61 Å². The molecule has 0 spiro atoms. The fourth-order valence-corrected chi connectivity index (χ4v) is 1.60. The van der Waals surface area contributed by atoms with Crippen LogP contribution in [-0.4, -0.2) is 13.9 Å². The third-order valence-electron chi connectivity index (χ3n) is 2.46. The molecule has 0 aliphatic rings. The van der Waals surface area contributed by atoms with Gasteiger partial charge in [0.05, 0.1) is 6.61 Å². The van der Waals surface area contributed by atoms with E-state index >= 15 is 0 Å². The number of ether oxygens (including phenoxy) is 3. The minimum absolute atomic E-state index is 0.185. The third-order valence-corrected chi connectivity index (χ3v) is 2.46. The predicted molar refractivity (Wildman–Crippen MR) is 69.7 cm³/mol. The summed E-state index contributed by atoms with van der Waals surface area (Å²) < 4.78 is 16.2. The Hall–Kier alpha value is -2.00. The first-order valence-electron chi connectivity index (χ1n) is 5.77. The molecule has 0 heterocycles. The number of para-hydroxylation sites is 2. The molecule has 2 aromatic carbocycles. The second-order valence-corrected chi connectivity index (χ2v) is 3.76. The second-order valence-electron chi connectivity index (χ2n) is 3.76. The maximum atomic E-state index is 5.59. The van der Waals surface area contributed by atoms with Crippen LogP contribution in [0.4, 0.5) is 0 Å². The van der Waals surface area contributed by atoms with Crippen LogP contribution in [0.15, 0.2) is 54.6 Å². The van der Waals surface area contributed by atoms with E-state index in [1.54, 1.807) is 7.11 Å². The number of methoxy groups -OCH3 is 1. The van der Waals surface area contributed by atoms with Gasteiger partial charge in [-0.1, -0.05) is 36.4 Å². The van der Waals surface area contributed by atoms with Crippen molar-refractivity contribution in [1.29, 1.82) is 0 Å². The van der Waals surface area contributed by atoms with Gasteiger partial charge in [0, 0.05) is 12.7 Å². The van der Waals surface area contributed by atoms with Crippen LogP contribution in [0, 0.1) is 0 Å². The van der Waals surface area contributed by atoms with Gasteiger partial charge >= 0.3 is 0 Å². The van der Waals surface area contributed by atoms with Crippen molar-refractivity contribution in [3.05, 3.63) is 60.2 Å². The van der Waals surface area contributed by atoms with Gasteiger partial charge in [-0.2, -0.15) is 0 Å². The molecule has 3 heteroatoms. The van der Waals surface area contributed by atoms with Gasteiger partial charge in [0.2, 0.25) is 6.79 Å². The summed E-state index contributed by atoms with van der Waals surface area (Å²) in [6, 6.07) is 17.3. The lowest BCUT2D eigenvalue weighted by Crippen LogP contribution is -2.07. The first-order chi connectivity index (χ1) is 8.90. The first kappa shape index (κ1) is 12.5. The summed E-state index contributed by atoms with van der Waals surface area (Å²) >= 11 is 0. The van der Waals surface area contributed by atoms with Crippen molar-refractivity contribution in [3.8, 4) is 11.5 Å². The van der Waals surface area contributed by atoms with E-state index in [1.165, 1.54) is 0 Å². The van der Waals surface area contributed by atoms with Crippen LogP contribution >= 0.6 is 0 Å². The zero-order chi connectivity index (χ0) is 12.6. The van der Waals surface area contributed by atoms with E-state index < -0.39 is 0 Å². The molecule has 0 unspecified atom stereocenters. The van der Waals surface area contributed by atoms with Crippen LogP contribution < -0.4 is 9.47 Å². The molecule has 2 rings (SSSR count). The Morgan fingerprint density at radius 1 is 0.833 bits per heavy atom. The lowest BCUT2D eigenvalue weighted by Gasteiger charge is -2.11. The van der Waals surface area contributed by atoms with Gasteiger partial charge in [-0.05, 0) is 18.2 Å². The molecule has 0 N–H and O–H groups in total. The van der Waals surface area contributed by atoms with E-state index in [4.69, 9.17) is 14.2 Å². The van der Waals surface area contributed by atoms with Gasteiger partial charge < -0.3 is 14.2 Å². The van der Waals surface area contributed by atoms with Crippen LogP contribution in [0.2, 0.25) is 0 Å². The van der Waals surface area contributed by atoms with E-state index in [9.17, 15) is 0 Å². The Labute approximate surface area is 107 Å². The summed E-state index contributed by atoms with van der Waals surface area (Å²) in [6.45, 7) is 0.715. The number of rotatable bonds is 6. The normalized spacial score (nSPS) is 10.1. The van der Waals surface area contributed by atoms with E-state index in [2.05, 4.69) is 0 Å². The number of hydrogen-bond acceptors (Lipinski definition) is 3. The van der Waals surface area contributed by atoms with Crippen molar-refractivity contribution < 1.29 is 14.2 Å². The predicted octanol–water partition coefficient (Wildman–Crippen LogP) is 3.25. The smallest absolute Gasteiger partial charge is 0.230 e. The fourth-order valence-electron chi connectivity index (χ4n) is 1.60. The molecule has 0 saturated heterocycles. The van der Waals surface area contributed by atoms with Crippen LogP contribution in [0.3, 0.4) is 0 Å². The monoisotopic (exact) mass is 244 g/mol. The molecule has 0 aliphatic heterocycles. The van der Waals surface area contributed by atoms with Gasteiger partial charge in [-0.25, -0.2) is 0 Å². The SMILES string of the molecule is COCc1ccccc1OCOc1ccccc1. The molecule has 0 amide bonds. The standard InChI is InChI=1S/C15H16O3/c1-16-11-13-7-5-6-10-15(13)18-12-17-14-8-3-2-4-9-14/h2-10H,11-12H2,1H3. The Morgan fingerprint density at radius 3 is 2.33 bits per heavy atom. The van der Waals surface area contributed by atoms with Gasteiger partial charge in [-0.3, -0.25) is 0 Å². The Balaban J connectivity index is 1.90. The lowest BCUT2D eigenvalue weighted by molar-refractivity contribution is 0.114. The Bertz CT molecular complexity index is 468. The molecular weight excluding hydrogens is 228 g/mol. The minimum Gasteiger partial charge on any atom is -0.458 e. The van der Waals surface area contributed by atoms with Gasteiger partial charge in [0.1, 0.15) is 11.5 Å². The van der Waals surface area contributed by atoms with E-state index in [1.807, 2.05) is 54.6 Å². The molecule has 0 aliphatic carbocycles. The molecular formula is C15H16O3. The zero-order valence-electron chi connectivity index (χ0n) is 10.3. The van der Waals surface area contributed by atoms with Crippen molar-refractivity contribution in [3.63, 3.8) is 0 Å². The summed E-state index contributed by atoms with van der Waals surface area (Å²) in [5, 5.41) is 0. The molecule has 18 heavy (non-hydrogen) atoms. The summed E-state index contributed by atoms with van der Waals surface area (Å²) in [7, 11) is 1.66. The molecule has 0 atom stereocenters. The average molecular weight is 244 g/mol. The molecule has 2 aromatic rings. The van der Waals surface area contributed by atoms with E-state index in [0.717, 1.165) is 17.1 Å². The highest BCUT2D eigenvalue weighted by molar-refractivity contribution is 5.32. The largest absolute Gasteiger partial charge is 0.458 e. The second kappa shape index (κ2) is 6.67. The Morgan fingerprint density at radius 2 is 1.56 bits per heavy atom. The van der Waals surface area contributed by atoms with E-state index in [0.29, 0.717) is 6.61 Å². The topological polar surface area (TPSA) is 27.7 Å². The molecule has 0 aromatic heterocycles. The molecule has 0 fully saturated rings. The lowest BCUT2D eigenvalue weighted by atomic mass is 10.2. The third kappa shape index (κ3) is 3.50. The summed E-state index contributed by atoms with van der Waals surface area (Å²) in [5.74, 6) is 1.58. The van der Waals surface area contributed by atoms with E-state index in [-0.39, 0.29) is 6.79 Å². The number of benzene rings is 2. The molecule has 3 nitrogen and oxygen atoms in total. The first-order valence-corrected chi connectivity index (χ1v) is 5.77. The van der Waals surface area contributed by atoms with Crippen molar-refractivity contribution in [1.82, 2.24) is 0 Å². The Kier molecular flexibility index (Phi) is 4.61. The fraction of sp³-hybridized carbons (Fsp3) is 0.200. The number of hydrogen-bond donors (Lipinski definition) is 0.